The van der Waals surface area contributed by atoms with Crippen molar-refractivity contribution in [1.29, 1.82) is 0 Å². The molecule has 0 heterocycles. The summed E-state index contributed by atoms with van der Waals surface area (Å²) in [6.07, 6.45) is 4.69. The Morgan fingerprint density at radius 1 is 1.17 bits per heavy atom. The Morgan fingerprint density at radius 2 is 1.79 bits per heavy atom. The summed E-state index contributed by atoms with van der Waals surface area (Å²) in [5.74, 6) is -0.870. The van der Waals surface area contributed by atoms with Gasteiger partial charge in [0.05, 0.1) is 7.11 Å². The highest BCUT2D eigenvalue weighted by atomic mass is 16.5. The van der Waals surface area contributed by atoms with Crippen molar-refractivity contribution >= 4 is 18.1 Å². The number of hydrogen-bond donors (Lipinski definition) is 2. The van der Waals surface area contributed by atoms with Gasteiger partial charge in [-0.1, -0.05) is 68.8 Å². The molecule has 0 aromatic heterocycles. The molecule has 0 bridgehead atoms. The lowest BCUT2D eigenvalue weighted by molar-refractivity contribution is 0.0693. The fraction of sp³-hybridized carbons (Fsp3) is 0.320. The summed E-state index contributed by atoms with van der Waals surface area (Å²) in [6, 6.07) is 9.63. The maximum Gasteiger partial charge on any atom is 0.340 e. The molecule has 0 saturated carbocycles. The second kappa shape index (κ2) is 8.99. The summed E-state index contributed by atoms with van der Waals surface area (Å²) in [5.41, 5.74) is 3.12. The fourth-order valence-corrected chi connectivity index (χ4v) is 3.45. The van der Waals surface area contributed by atoms with Crippen LogP contribution in [-0.4, -0.2) is 23.3 Å². The van der Waals surface area contributed by atoms with Gasteiger partial charge >= 0.3 is 5.97 Å². The van der Waals surface area contributed by atoms with Crippen molar-refractivity contribution in [2.24, 2.45) is 0 Å². The highest BCUT2D eigenvalue weighted by molar-refractivity contribution is 5.99. The Balaban J connectivity index is 2.85. The normalized spacial score (nSPS) is 11.6. The molecule has 0 saturated heterocycles. The van der Waals surface area contributed by atoms with E-state index in [1.165, 1.54) is 0 Å². The lowest BCUT2D eigenvalue weighted by Gasteiger charge is -2.28. The Kier molecular flexibility index (Phi) is 6.91. The van der Waals surface area contributed by atoms with Gasteiger partial charge in [0.25, 0.3) is 0 Å². The van der Waals surface area contributed by atoms with Crippen molar-refractivity contribution in [1.82, 2.24) is 0 Å². The number of ether oxygens (including phenoxy) is 1. The topological polar surface area (TPSA) is 66.8 Å². The number of allylic oxidation sites excluding steroid dienone is 1. The van der Waals surface area contributed by atoms with E-state index in [1.54, 1.807) is 13.2 Å². The maximum atomic E-state index is 12.2. The van der Waals surface area contributed by atoms with Gasteiger partial charge in [-0.2, -0.15) is 0 Å². The zero-order valence-corrected chi connectivity index (χ0v) is 17.9. The second-order valence-electron chi connectivity index (χ2n) is 8.28. The van der Waals surface area contributed by atoms with E-state index in [0.717, 1.165) is 16.7 Å². The van der Waals surface area contributed by atoms with Crippen LogP contribution in [0.4, 0.5) is 0 Å². The van der Waals surface area contributed by atoms with Crippen LogP contribution in [0.3, 0.4) is 0 Å². The first-order valence-electron chi connectivity index (χ1n) is 9.65. The first-order chi connectivity index (χ1) is 13.6. The molecule has 0 atom stereocenters. The largest absolute Gasteiger partial charge is 0.507 e. The minimum absolute atomic E-state index is 0.0976. The third kappa shape index (κ3) is 5.08. The zero-order valence-electron chi connectivity index (χ0n) is 17.9. The summed E-state index contributed by atoms with van der Waals surface area (Å²) in [6.45, 7) is 11.9. The summed E-state index contributed by atoms with van der Waals surface area (Å²) in [4.78, 5) is 12.2. The number of benzene rings is 2. The van der Waals surface area contributed by atoms with Crippen LogP contribution in [0.2, 0.25) is 0 Å². The molecule has 0 amide bonds. The third-order valence-corrected chi connectivity index (χ3v) is 4.77. The number of hydrogen-bond acceptors (Lipinski definition) is 3. The smallest absolute Gasteiger partial charge is 0.340 e. The monoisotopic (exact) mass is 394 g/mol. The molecule has 0 aliphatic rings. The number of phenols is 1. The summed E-state index contributed by atoms with van der Waals surface area (Å²) < 4.78 is 5.73. The highest BCUT2D eigenvalue weighted by Gasteiger charge is 2.32. The van der Waals surface area contributed by atoms with E-state index < -0.39 is 11.4 Å². The second-order valence-corrected chi connectivity index (χ2v) is 8.28. The molecule has 29 heavy (non-hydrogen) atoms. The molecule has 0 unspecified atom stereocenters. The number of carbonyl (C=O) groups is 1. The minimum Gasteiger partial charge on any atom is -0.507 e. The molecule has 4 heteroatoms. The van der Waals surface area contributed by atoms with Crippen molar-refractivity contribution in [2.75, 3.05) is 7.11 Å². The molecule has 4 nitrogen and oxygen atoms in total. The molecule has 0 aliphatic heterocycles. The lowest BCUT2D eigenvalue weighted by atomic mass is 9.78. The Bertz CT molecular complexity index is 932. The van der Waals surface area contributed by atoms with Crippen LogP contribution in [0.25, 0.3) is 12.2 Å². The lowest BCUT2D eigenvalue weighted by Crippen LogP contribution is -2.19. The van der Waals surface area contributed by atoms with E-state index in [4.69, 9.17) is 4.74 Å². The number of carboxylic acid groups (broad SMARTS) is 1. The van der Waals surface area contributed by atoms with Crippen LogP contribution >= 0.6 is 0 Å². The van der Waals surface area contributed by atoms with Gasteiger partial charge < -0.3 is 14.9 Å². The molecule has 2 N–H and O–H groups in total. The predicted octanol–water partition coefficient (Wildman–Crippen LogP) is 6.08. The van der Waals surface area contributed by atoms with Gasteiger partial charge in [0.1, 0.15) is 17.1 Å². The SMILES string of the molecule is C=C(C)CCc1c(O)c(C(=O)O)c(C=Cc2ccccc2)c(C(C)(C)C)c1OC. The fourth-order valence-electron chi connectivity index (χ4n) is 3.45. The van der Waals surface area contributed by atoms with E-state index in [2.05, 4.69) is 6.58 Å². The Labute approximate surface area is 173 Å². The summed E-state index contributed by atoms with van der Waals surface area (Å²) in [5, 5.41) is 20.9. The van der Waals surface area contributed by atoms with Crippen LogP contribution in [-0.2, 0) is 11.8 Å². The van der Waals surface area contributed by atoms with Gasteiger partial charge in [0.15, 0.2) is 0 Å². The maximum absolute atomic E-state index is 12.2. The van der Waals surface area contributed by atoms with Gasteiger partial charge in [-0.05, 0) is 30.7 Å². The number of carboxylic acids is 1. The van der Waals surface area contributed by atoms with Crippen molar-refractivity contribution in [3.63, 3.8) is 0 Å². The molecule has 0 fully saturated rings. The number of rotatable bonds is 7. The molecule has 2 rings (SSSR count). The molecule has 154 valence electrons. The Hall–Kier alpha value is -3.01. The van der Waals surface area contributed by atoms with Crippen molar-refractivity contribution in [3.8, 4) is 11.5 Å². The van der Waals surface area contributed by atoms with Crippen molar-refractivity contribution < 1.29 is 19.7 Å². The van der Waals surface area contributed by atoms with Crippen LogP contribution in [0.1, 0.15) is 66.7 Å². The van der Waals surface area contributed by atoms with Crippen LogP contribution < -0.4 is 4.74 Å². The average molecular weight is 395 g/mol. The summed E-state index contributed by atoms with van der Waals surface area (Å²) in [7, 11) is 1.55. The predicted molar refractivity (Wildman–Crippen MR) is 119 cm³/mol. The molecular weight excluding hydrogens is 364 g/mol. The molecule has 0 aliphatic carbocycles. The minimum atomic E-state index is -1.17. The number of aromatic hydroxyl groups is 1. The van der Waals surface area contributed by atoms with Crippen LogP contribution in [0.5, 0.6) is 11.5 Å². The number of aromatic carboxylic acids is 1. The van der Waals surface area contributed by atoms with Gasteiger partial charge in [-0.25, -0.2) is 4.79 Å². The molecule has 2 aromatic rings. The third-order valence-electron chi connectivity index (χ3n) is 4.77. The van der Waals surface area contributed by atoms with E-state index in [9.17, 15) is 15.0 Å². The van der Waals surface area contributed by atoms with Crippen LogP contribution in [0, 0.1) is 0 Å². The highest BCUT2D eigenvalue weighted by Crippen LogP contribution is 2.45. The first-order valence-corrected chi connectivity index (χ1v) is 9.65. The van der Waals surface area contributed by atoms with E-state index in [0.29, 0.717) is 29.7 Å². The zero-order chi connectivity index (χ0) is 21.8. The van der Waals surface area contributed by atoms with Gasteiger partial charge in [0.2, 0.25) is 0 Å². The average Bonchev–Trinajstić information content (AvgIpc) is 2.63. The molecule has 0 radical (unpaired) electrons. The molecule has 2 aromatic carbocycles. The summed E-state index contributed by atoms with van der Waals surface area (Å²) >= 11 is 0. The first kappa shape index (κ1) is 22.3. The molecule has 0 spiro atoms. The van der Waals surface area contributed by atoms with Gasteiger partial charge in [0, 0.05) is 16.7 Å². The van der Waals surface area contributed by atoms with E-state index >= 15 is 0 Å². The Morgan fingerprint density at radius 3 is 2.28 bits per heavy atom. The van der Waals surface area contributed by atoms with Crippen molar-refractivity contribution in [2.45, 2.75) is 46.0 Å². The standard InChI is InChI=1S/C25H30O4/c1-16(2)12-14-19-22(26)20(24(27)28)18(15-13-17-10-8-7-9-11-17)21(23(19)29-6)25(3,4)5/h7-11,13,15,26H,1,12,14H2,2-6H3,(H,27,28). The van der Waals surface area contributed by atoms with Gasteiger partial charge in [-0.15, -0.1) is 6.58 Å². The van der Waals surface area contributed by atoms with E-state index in [-0.39, 0.29) is 11.3 Å². The van der Waals surface area contributed by atoms with Crippen molar-refractivity contribution in [3.05, 3.63) is 70.3 Å². The number of methoxy groups -OCH3 is 1. The van der Waals surface area contributed by atoms with E-state index in [1.807, 2.05) is 64.1 Å². The quantitative estimate of drug-likeness (QED) is 0.441. The van der Waals surface area contributed by atoms with Gasteiger partial charge in [-0.3, -0.25) is 0 Å². The van der Waals surface area contributed by atoms with Crippen LogP contribution in [0.15, 0.2) is 42.5 Å². The molecular formula is C25H30O4.